The summed E-state index contributed by atoms with van der Waals surface area (Å²) in [7, 11) is 1.97. The second kappa shape index (κ2) is 10.1. The molecule has 174 valence electrons. The third-order valence-electron chi connectivity index (χ3n) is 7.76. The predicted octanol–water partition coefficient (Wildman–Crippen LogP) is 3.11. The molecule has 4 aliphatic rings. The van der Waals surface area contributed by atoms with Gasteiger partial charge in [-0.2, -0.15) is 0 Å². The van der Waals surface area contributed by atoms with Crippen LogP contribution in [0.4, 0.5) is 0 Å². The Bertz CT molecular complexity index is 881. The fourth-order valence-electron chi connectivity index (χ4n) is 5.86. The van der Waals surface area contributed by atoms with Gasteiger partial charge in [-0.1, -0.05) is 5.21 Å². The first kappa shape index (κ1) is 22.8. The quantitative estimate of drug-likeness (QED) is 0.527. The zero-order valence-corrected chi connectivity index (χ0v) is 19.5. The van der Waals surface area contributed by atoms with Gasteiger partial charge in [-0.3, -0.25) is 14.3 Å². The maximum atomic E-state index is 10.9. The van der Waals surface area contributed by atoms with E-state index in [1.54, 1.807) is 0 Å². The lowest BCUT2D eigenvalue weighted by molar-refractivity contribution is -0.142. The summed E-state index contributed by atoms with van der Waals surface area (Å²) < 4.78 is 12.1. The summed E-state index contributed by atoms with van der Waals surface area (Å²) in [6.45, 7) is 4.20. The summed E-state index contributed by atoms with van der Waals surface area (Å²) in [5.74, 6) is 10.2. The Hall–Kier alpha value is -2.36. The van der Waals surface area contributed by atoms with Crippen LogP contribution in [-0.4, -0.2) is 40.1 Å². The van der Waals surface area contributed by atoms with E-state index < -0.39 is 0 Å². The van der Waals surface area contributed by atoms with Crippen LogP contribution in [-0.2, 0) is 39.0 Å². The van der Waals surface area contributed by atoms with Gasteiger partial charge in [0.25, 0.3) is 0 Å². The molecule has 0 N–H and O–H groups in total. The van der Waals surface area contributed by atoms with Crippen LogP contribution in [0.2, 0.25) is 0 Å². The molecule has 4 aliphatic carbocycles. The number of fused-ring (bicyclic) bond motifs is 3. The molecule has 5 rings (SSSR count). The molecule has 2 saturated carbocycles. The lowest BCUT2D eigenvalue weighted by atomic mass is 10.0. The van der Waals surface area contributed by atoms with Crippen molar-refractivity contribution in [3.8, 4) is 11.8 Å². The molecule has 1 aromatic heterocycles. The van der Waals surface area contributed by atoms with Gasteiger partial charge in [-0.15, -0.1) is 16.9 Å². The van der Waals surface area contributed by atoms with E-state index in [4.69, 9.17) is 9.47 Å². The number of carbonyl (C=O) groups is 2. The zero-order valence-electron chi connectivity index (χ0n) is 19.5. The molecule has 1 heterocycles. The number of aromatic nitrogens is 3. The molecule has 0 aliphatic heterocycles. The van der Waals surface area contributed by atoms with Crippen molar-refractivity contribution in [3.05, 3.63) is 11.4 Å². The van der Waals surface area contributed by atoms with Crippen LogP contribution in [0.1, 0.15) is 63.8 Å². The molecule has 0 bridgehead atoms. The summed E-state index contributed by atoms with van der Waals surface area (Å²) in [5.41, 5.74) is 2.45. The third kappa shape index (κ3) is 5.51. The van der Waals surface area contributed by atoms with Crippen LogP contribution in [0, 0.1) is 47.3 Å². The number of nitrogens with zero attached hydrogens (tertiary/aromatic N) is 3. The van der Waals surface area contributed by atoms with Gasteiger partial charge in [-0.25, -0.2) is 0 Å². The highest BCUT2D eigenvalue weighted by Crippen LogP contribution is 2.53. The second-order valence-electron chi connectivity index (χ2n) is 9.70. The number of ether oxygens (including phenoxy) is 2. The number of rotatable bonds is 4. The van der Waals surface area contributed by atoms with E-state index in [0.29, 0.717) is 25.0 Å². The van der Waals surface area contributed by atoms with Gasteiger partial charge in [0.15, 0.2) is 0 Å². The molecule has 5 unspecified atom stereocenters. The van der Waals surface area contributed by atoms with Gasteiger partial charge in [0.05, 0.1) is 24.6 Å². The molecular weight excluding hydrogens is 406 g/mol. The van der Waals surface area contributed by atoms with Gasteiger partial charge in [-0.05, 0) is 74.0 Å². The number of hydrogen-bond donors (Lipinski definition) is 0. The Morgan fingerprint density at radius 2 is 1.38 bits per heavy atom. The molecule has 1 aromatic rings. The van der Waals surface area contributed by atoms with E-state index >= 15 is 0 Å². The van der Waals surface area contributed by atoms with Crippen molar-refractivity contribution < 1.29 is 19.1 Å². The number of hydrogen-bond acceptors (Lipinski definition) is 6. The molecular formula is C25H35N3O4. The highest BCUT2D eigenvalue weighted by atomic mass is 16.5. The first-order valence-electron chi connectivity index (χ1n) is 12.1. The monoisotopic (exact) mass is 441 g/mol. The maximum Gasteiger partial charge on any atom is 0.302 e. The van der Waals surface area contributed by atoms with Crippen molar-refractivity contribution in [2.75, 3.05) is 13.2 Å². The van der Waals surface area contributed by atoms with Crippen LogP contribution in [0.5, 0.6) is 0 Å². The SMILES string of the molecule is CC(=O)OCC1C2CCC#CCCC21.CC(=O)OCC1C2CCc3nnn(C)c3CCC21. The first-order valence-corrected chi connectivity index (χ1v) is 12.1. The summed E-state index contributed by atoms with van der Waals surface area (Å²) in [6, 6.07) is 0. The van der Waals surface area contributed by atoms with Gasteiger partial charge >= 0.3 is 11.9 Å². The molecule has 0 saturated heterocycles. The van der Waals surface area contributed by atoms with E-state index in [1.165, 1.54) is 38.8 Å². The molecule has 7 nitrogen and oxygen atoms in total. The first-order chi connectivity index (χ1) is 15.5. The molecule has 0 radical (unpaired) electrons. The predicted molar refractivity (Wildman–Crippen MR) is 118 cm³/mol. The van der Waals surface area contributed by atoms with Crippen LogP contribution in [0.25, 0.3) is 0 Å². The molecule has 32 heavy (non-hydrogen) atoms. The van der Waals surface area contributed by atoms with E-state index in [9.17, 15) is 9.59 Å². The summed E-state index contributed by atoms with van der Waals surface area (Å²) in [4.78, 5) is 21.5. The molecule has 7 heteroatoms. The van der Waals surface area contributed by atoms with Crippen molar-refractivity contribution in [3.63, 3.8) is 0 Å². The van der Waals surface area contributed by atoms with Gasteiger partial charge in [0.1, 0.15) is 0 Å². The second-order valence-corrected chi connectivity index (χ2v) is 9.70. The van der Waals surface area contributed by atoms with Crippen LogP contribution in [0.3, 0.4) is 0 Å². The molecule has 0 amide bonds. The lowest BCUT2D eigenvalue weighted by Crippen LogP contribution is -2.05. The Morgan fingerprint density at radius 1 is 0.875 bits per heavy atom. The normalized spacial score (nSPS) is 31.7. The van der Waals surface area contributed by atoms with E-state index in [-0.39, 0.29) is 11.9 Å². The minimum atomic E-state index is -0.163. The third-order valence-corrected chi connectivity index (χ3v) is 7.76. The average Bonchev–Trinajstić information content (AvgIpc) is 3.53. The highest BCUT2D eigenvalue weighted by molar-refractivity contribution is 5.66. The lowest BCUT2D eigenvalue weighted by Gasteiger charge is -2.07. The van der Waals surface area contributed by atoms with Crippen molar-refractivity contribution in [2.45, 2.75) is 65.2 Å². The zero-order chi connectivity index (χ0) is 22.7. The Labute approximate surface area is 190 Å². The van der Waals surface area contributed by atoms with Gasteiger partial charge < -0.3 is 9.47 Å². The topological polar surface area (TPSA) is 83.3 Å². The van der Waals surface area contributed by atoms with Gasteiger partial charge in [0, 0.05) is 33.7 Å². The molecule has 2 fully saturated rings. The summed E-state index contributed by atoms with van der Waals surface area (Å²) >= 11 is 0. The minimum Gasteiger partial charge on any atom is -0.466 e. The smallest absolute Gasteiger partial charge is 0.302 e. The Balaban J connectivity index is 0.000000158. The number of aryl methyl sites for hydroxylation is 2. The average molecular weight is 442 g/mol. The summed E-state index contributed by atoms with van der Waals surface area (Å²) in [5, 5.41) is 8.34. The minimum absolute atomic E-state index is 0.152. The standard InChI is InChI=1S/C13H19N3O2.C12H16O2/c1-8(17)18-7-11-9-3-5-12-13(6-4-10(9)11)16(2)15-14-12;1-9(13)14-8-12-10-6-4-2-3-5-7-11(10)12/h9-11H,3-7H2,1-2H3;10-12H,4-8H2,1H3. The molecule has 5 atom stereocenters. The van der Waals surface area contributed by atoms with Crippen molar-refractivity contribution in [1.82, 2.24) is 15.0 Å². The maximum absolute atomic E-state index is 10.9. The molecule has 0 spiro atoms. The largest absolute Gasteiger partial charge is 0.466 e. The van der Waals surface area contributed by atoms with Gasteiger partial charge in [0.2, 0.25) is 0 Å². The van der Waals surface area contributed by atoms with Crippen molar-refractivity contribution in [2.24, 2.45) is 42.6 Å². The highest BCUT2D eigenvalue weighted by Gasteiger charge is 2.50. The summed E-state index contributed by atoms with van der Waals surface area (Å²) in [6.07, 6.45) is 8.84. The van der Waals surface area contributed by atoms with Crippen LogP contribution < -0.4 is 0 Å². The van der Waals surface area contributed by atoms with Crippen molar-refractivity contribution in [1.29, 1.82) is 0 Å². The molecule has 0 aromatic carbocycles. The number of esters is 2. The van der Waals surface area contributed by atoms with Crippen LogP contribution in [0.15, 0.2) is 0 Å². The fourth-order valence-corrected chi connectivity index (χ4v) is 5.86. The van der Waals surface area contributed by atoms with E-state index in [1.807, 2.05) is 11.7 Å². The Kier molecular flexibility index (Phi) is 7.17. The fraction of sp³-hybridized carbons (Fsp3) is 0.760. The Morgan fingerprint density at radius 3 is 1.91 bits per heavy atom. The van der Waals surface area contributed by atoms with Crippen LogP contribution >= 0.6 is 0 Å². The van der Waals surface area contributed by atoms with Crippen molar-refractivity contribution >= 4 is 11.9 Å². The number of carbonyl (C=O) groups excluding carboxylic acids is 2. The van der Waals surface area contributed by atoms with E-state index in [0.717, 1.165) is 61.5 Å². The van der Waals surface area contributed by atoms with E-state index in [2.05, 4.69) is 22.2 Å².